The van der Waals surface area contributed by atoms with Crippen molar-refractivity contribution >= 4 is 31.6 Å². The third kappa shape index (κ3) is 3.12. The molecule has 0 amide bonds. The molecule has 0 saturated carbocycles. The number of benzene rings is 1. The number of anilines is 1. The number of nitrogens with one attached hydrogen (secondary N) is 2. The molecular formula is C13H17BrN4O2S. The van der Waals surface area contributed by atoms with Crippen LogP contribution in [0, 0.1) is 20.8 Å². The molecule has 0 aliphatic carbocycles. The lowest BCUT2D eigenvalue weighted by Crippen LogP contribution is -2.16. The molecule has 0 aliphatic rings. The van der Waals surface area contributed by atoms with Gasteiger partial charge in [-0.05, 0) is 44.0 Å². The first-order chi connectivity index (χ1) is 9.76. The molecule has 4 N–H and O–H groups in total. The van der Waals surface area contributed by atoms with Crippen molar-refractivity contribution < 1.29 is 8.42 Å². The average Bonchev–Trinajstić information content (AvgIpc) is 2.77. The third-order valence-corrected chi connectivity index (χ3v) is 5.95. The van der Waals surface area contributed by atoms with Gasteiger partial charge in [0, 0.05) is 16.7 Å². The Hall–Kier alpha value is -1.38. The fourth-order valence-electron chi connectivity index (χ4n) is 2.18. The highest BCUT2D eigenvalue weighted by Crippen LogP contribution is 2.27. The zero-order valence-corrected chi connectivity index (χ0v) is 14.4. The van der Waals surface area contributed by atoms with E-state index in [1.807, 2.05) is 13.8 Å². The quantitative estimate of drug-likeness (QED) is 0.766. The smallest absolute Gasteiger partial charge is 0.265 e. The molecule has 1 aromatic heterocycles. The zero-order chi connectivity index (χ0) is 15.8. The molecule has 0 spiro atoms. The Labute approximate surface area is 132 Å². The Morgan fingerprint density at radius 3 is 2.38 bits per heavy atom. The topological polar surface area (TPSA) is 101 Å². The summed E-state index contributed by atoms with van der Waals surface area (Å²) in [5.74, 6) is 0. The van der Waals surface area contributed by atoms with Crippen LogP contribution in [0.1, 0.15) is 22.5 Å². The van der Waals surface area contributed by atoms with Crippen molar-refractivity contribution in [1.82, 2.24) is 10.2 Å². The van der Waals surface area contributed by atoms with Crippen LogP contribution in [0.2, 0.25) is 0 Å². The monoisotopic (exact) mass is 372 g/mol. The van der Waals surface area contributed by atoms with Crippen molar-refractivity contribution in [2.75, 3.05) is 4.72 Å². The molecule has 0 aliphatic heterocycles. The van der Waals surface area contributed by atoms with Crippen LogP contribution in [0.3, 0.4) is 0 Å². The normalized spacial score (nSPS) is 11.7. The first-order valence-corrected chi connectivity index (χ1v) is 8.57. The lowest BCUT2D eigenvalue weighted by atomic mass is 10.1. The van der Waals surface area contributed by atoms with Gasteiger partial charge in [0.25, 0.3) is 10.0 Å². The summed E-state index contributed by atoms with van der Waals surface area (Å²) >= 11 is 3.46. The van der Waals surface area contributed by atoms with Gasteiger partial charge in [-0.1, -0.05) is 15.9 Å². The summed E-state index contributed by atoms with van der Waals surface area (Å²) in [6.07, 6.45) is 0. The maximum Gasteiger partial charge on any atom is 0.265 e. The van der Waals surface area contributed by atoms with Gasteiger partial charge in [0.2, 0.25) is 0 Å². The predicted octanol–water partition coefficient (Wildman–Crippen LogP) is 2.36. The molecule has 2 aromatic rings. The first-order valence-electron chi connectivity index (χ1n) is 6.29. The Morgan fingerprint density at radius 2 is 1.86 bits per heavy atom. The standard InChI is InChI=1S/C13H17BrN4O2S/c1-7-4-10(5-8(2)12(7)14)18-21(19,20)13-9(3)16-17-11(13)6-15/h4-5,18H,6,15H2,1-3H3,(H,16,17). The Morgan fingerprint density at radius 1 is 1.29 bits per heavy atom. The molecule has 1 aromatic carbocycles. The molecular weight excluding hydrogens is 356 g/mol. The number of hydrogen-bond donors (Lipinski definition) is 3. The largest absolute Gasteiger partial charge is 0.325 e. The summed E-state index contributed by atoms with van der Waals surface area (Å²) < 4.78 is 28.6. The Balaban J connectivity index is 2.45. The fraction of sp³-hybridized carbons (Fsp3) is 0.308. The van der Waals surface area contributed by atoms with Gasteiger partial charge in [0.1, 0.15) is 4.90 Å². The van der Waals surface area contributed by atoms with E-state index in [9.17, 15) is 8.42 Å². The van der Waals surface area contributed by atoms with E-state index in [-0.39, 0.29) is 11.4 Å². The maximum atomic E-state index is 12.5. The Kier molecular flexibility index (Phi) is 4.40. The van der Waals surface area contributed by atoms with Crippen molar-refractivity contribution in [3.63, 3.8) is 0 Å². The Bertz CT molecular complexity index is 760. The number of halogens is 1. The molecule has 2 rings (SSSR count). The maximum absolute atomic E-state index is 12.5. The van der Waals surface area contributed by atoms with Gasteiger partial charge in [-0.3, -0.25) is 9.82 Å². The summed E-state index contributed by atoms with van der Waals surface area (Å²) in [4.78, 5) is 0.114. The summed E-state index contributed by atoms with van der Waals surface area (Å²) in [5.41, 5.74) is 8.75. The van der Waals surface area contributed by atoms with Crippen LogP contribution in [0.25, 0.3) is 0 Å². The molecule has 8 heteroatoms. The number of aromatic nitrogens is 2. The summed E-state index contributed by atoms with van der Waals surface area (Å²) in [7, 11) is -3.73. The minimum absolute atomic E-state index is 0.0545. The second-order valence-corrected chi connectivity index (χ2v) is 7.27. The van der Waals surface area contributed by atoms with Crippen molar-refractivity contribution in [1.29, 1.82) is 0 Å². The first kappa shape index (κ1) is 16.0. The van der Waals surface area contributed by atoms with Crippen LogP contribution in [0.5, 0.6) is 0 Å². The van der Waals surface area contributed by atoms with Crippen molar-refractivity contribution in [3.8, 4) is 0 Å². The number of sulfonamides is 1. The molecule has 0 radical (unpaired) electrons. The summed E-state index contributed by atoms with van der Waals surface area (Å²) in [6, 6.07) is 3.54. The van der Waals surface area contributed by atoms with Gasteiger partial charge in [-0.15, -0.1) is 0 Å². The fourth-order valence-corrected chi connectivity index (χ4v) is 3.82. The van der Waals surface area contributed by atoms with Gasteiger partial charge in [0.15, 0.2) is 0 Å². The van der Waals surface area contributed by atoms with Gasteiger partial charge >= 0.3 is 0 Å². The second kappa shape index (κ2) is 5.78. The van der Waals surface area contributed by atoms with E-state index in [1.54, 1.807) is 19.1 Å². The molecule has 0 saturated heterocycles. The van der Waals surface area contributed by atoms with Crippen LogP contribution in [-0.2, 0) is 16.6 Å². The highest BCUT2D eigenvalue weighted by atomic mass is 79.9. The lowest BCUT2D eigenvalue weighted by molar-refractivity contribution is 0.599. The average molecular weight is 373 g/mol. The molecule has 6 nitrogen and oxygen atoms in total. The van der Waals surface area contributed by atoms with Crippen molar-refractivity contribution in [3.05, 3.63) is 39.1 Å². The zero-order valence-electron chi connectivity index (χ0n) is 12.0. The number of rotatable bonds is 4. The molecule has 0 fully saturated rings. The minimum Gasteiger partial charge on any atom is -0.325 e. The van der Waals surface area contributed by atoms with E-state index < -0.39 is 10.0 Å². The van der Waals surface area contributed by atoms with Crippen LogP contribution in [-0.4, -0.2) is 18.6 Å². The summed E-state index contributed by atoms with van der Waals surface area (Å²) in [5, 5.41) is 6.57. The third-order valence-electron chi connectivity index (χ3n) is 3.11. The van der Waals surface area contributed by atoms with E-state index in [2.05, 4.69) is 30.8 Å². The van der Waals surface area contributed by atoms with E-state index in [0.717, 1.165) is 15.6 Å². The van der Waals surface area contributed by atoms with Crippen molar-refractivity contribution in [2.45, 2.75) is 32.2 Å². The van der Waals surface area contributed by atoms with E-state index in [0.29, 0.717) is 17.1 Å². The van der Waals surface area contributed by atoms with Crippen LogP contribution < -0.4 is 10.5 Å². The number of nitrogens with two attached hydrogens (primary N) is 1. The molecule has 0 bridgehead atoms. The van der Waals surface area contributed by atoms with E-state index >= 15 is 0 Å². The molecule has 21 heavy (non-hydrogen) atoms. The van der Waals surface area contributed by atoms with E-state index in [4.69, 9.17) is 5.73 Å². The number of H-pyrrole nitrogens is 1. The predicted molar refractivity (Wildman–Crippen MR) is 85.6 cm³/mol. The van der Waals surface area contributed by atoms with Crippen LogP contribution >= 0.6 is 15.9 Å². The van der Waals surface area contributed by atoms with Gasteiger partial charge in [-0.25, -0.2) is 8.42 Å². The van der Waals surface area contributed by atoms with Crippen LogP contribution in [0.15, 0.2) is 21.5 Å². The highest BCUT2D eigenvalue weighted by molar-refractivity contribution is 9.10. The number of nitrogens with zero attached hydrogens (tertiary/aromatic N) is 1. The number of hydrogen-bond acceptors (Lipinski definition) is 4. The van der Waals surface area contributed by atoms with Gasteiger partial charge in [-0.2, -0.15) is 5.10 Å². The van der Waals surface area contributed by atoms with Crippen LogP contribution in [0.4, 0.5) is 5.69 Å². The molecule has 0 unspecified atom stereocenters. The van der Waals surface area contributed by atoms with E-state index in [1.165, 1.54) is 0 Å². The second-order valence-electron chi connectivity index (χ2n) is 4.86. The number of aromatic amines is 1. The lowest BCUT2D eigenvalue weighted by Gasteiger charge is -2.11. The highest BCUT2D eigenvalue weighted by Gasteiger charge is 2.24. The molecule has 0 atom stereocenters. The minimum atomic E-state index is -3.73. The SMILES string of the molecule is Cc1cc(NS(=O)(=O)c2c(CN)n[nH]c2C)cc(C)c1Br. The summed E-state index contributed by atoms with van der Waals surface area (Å²) in [6.45, 7) is 5.52. The number of aryl methyl sites for hydroxylation is 3. The van der Waals surface area contributed by atoms with Gasteiger partial charge in [0.05, 0.1) is 11.4 Å². The molecule has 1 heterocycles. The molecule has 114 valence electrons. The van der Waals surface area contributed by atoms with Gasteiger partial charge < -0.3 is 5.73 Å². The van der Waals surface area contributed by atoms with Crippen molar-refractivity contribution in [2.24, 2.45) is 5.73 Å².